The van der Waals surface area contributed by atoms with Crippen LogP contribution in [-0.2, 0) is 0 Å². The van der Waals surface area contributed by atoms with E-state index in [0.717, 1.165) is 28.7 Å². The van der Waals surface area contributed by atoms with E-state index in [4.69, 9.17) is 11.6 Å². The quantitative estimate of drug-likeness (QED) is 0.476. The number of hydrogen-bond donors (Lipinski definition) is 0. The highest BCUT2D eigenvalue weighted by atomic mass is 35.5. The first-order chi connectivity index (χ1) is 13.7. The Morgan fingerprint density at radius 2 is 1.32 bits per heavy atom. The zero-order valence-electron chi connectivity index (χ0n) is 17.3. The average molecular weight is 395 g/mol. The molecule has 0 radical (unpaired) electrons. The zero-order valence-corrected chi connectivity index (χ0v) is 18.1. The van der Waals surface area contributed by atoms with Crippen molar-refractivity contribution in [3.63, 3.8) is 0 Å². The number of hydrogen-bond acceptors (Lipinski definition) is 0. The lowest BCUT2D eigenvalue weighted by molar-refractivity contribution is 0.154. The molecule has 0 N–H and O–H groups in total. The van der Waals surface area contributed by atoms with Gasteiger partial charge in [-0.1, -0.05) is 73.8 Å². The van der Waals surface area contributed by atoms with Crippen molar-refractivity contribution >= 4 is 11.6 Å². The van der Waals surface area contributed by atoms with Crippen LogP contribution in [0, 0.1) is 17.8 Å². The summed E-state index contributed by atoms with van der Waals surface area (Å²) >= 11 is 6.05. The molecule has 150 valence electrons. The van der Waals surface area contributed by atoms with Gasteiger partial charge in [-0.15, -0.1) is 0 Å². The van der Waals surface area contributed by atoms with Crippen LogP contribution < -0.4 is 0 Å². The molecule has 2 aromatic rings. The summed E-state index contributed by atoms with van der Waals surface area (Å²) in [5.41, 5.74) is 3.02. The van der Waals surface area contributed by atoms with Crippen LogP contribution in [0.15, 0.2) is 54.6 Å². The summed E-state index contributed by atoms with van der Waals surface area (Å²) in [6, 6.07) is 19.7. The summed E-state index contributed by atoms with van der Waals surface area (Å²) in [6.07, 6.45) is 12.9. The molecule has 0 amide bonds. The molecule has 0 unspecified atom stereocenters. The van der Waals surface area contributed by atoms with E-state index in [1.807, 2.05) is 0 Å². The first-order valence-electron chi connectivity index (χ1n) is 11.5. The van der Waals surface area contributed by atoms with Crippen LogP contribution in [0.25, 0.3) is 0 Å². The monoisotopic (exact) mass is 394 g/mol. The minimum atomic E-state index is 0.706. The molecule has 2 aliphatic carbocycles. The second-order valence-corrected chi connectivity index (χ2v) is 9.93. The molecule has 0 aromatic heterocycles. The second-order valence-electron chi connectivity index (χ2n) is 9.49. The van der Waals surface area contributed by atoms with Gasteiger partial charge in [-0.25, -0.2) is 0 Å². The Hall–Kier alpha value is -1.27. The molecule has 1 atom stereocenters. The molecule has 1 heteroatoms. The third-order valence-electron chi connectivity index (χ3n) is 7.73. The van der Waals surface area contributed by atoms with Gasteiger partial charge in [-0.3, -0.25) is 0 Å². The first-order valence-corrected chi connectivity index (χ1v) is 11.9. The van der Waals surface area contributed by atoms with Gasteiger partial charge < -0.3 is 0 Å². The average Bonchev–Trinajstić information content (AvgIpc) is 2.76. The van der Waals surface area contributed by atoms with Gasteiger partial charge in [0.1, 0.15) is 0 Å². The van der Waals surface area contributed by atoms with E-state index in [1.165, 1.54) is 68.9 Å². The van der Waals surface area contributed by atoms with Gasteiger partial charge in [0.05, 0.1) is 0 Å². The standard InChI is InChI=1S/C27H35Cl/c1-20(22-5-3-2-4-6-22)19-21-7-9-23(10-8-21)24-11-13-25(14-12-24)26-15-17-27(28)18-16-26/h2-6,15-18,20-21,23-25H,7-14,19H2,1H3/t20-,21?,23?,24?,25?/m0/s1. The van der Waals surface area contributed by atoms with Crippen LogP contribution in [0.4, 0.5) is 0 Å². The predicted octanol–water partition coefficient (Wildman–Crippen LogP) is 8.61. The lowest BCUT2D eigenvalue weighted by Gasteiger charge is -2.38. The molecule has 0 saturated heterocycles. The molecule has 2 aromatic carbocycles. The SMILES string of the molecule is C[C@@H](CC1CCC(C2CCC(c3ccc(Cl)cc3)CC2)CC1)c1ccccc1. The highest BCUT2D eigenvalue weighted by Crippen LogP contribution is 2.45. The van der Waals surface area contributed by atoms with Crippen molar-refractivity contribution in [2.75, 3.05) is 0 Å². The van der Waals surface area contributed by atoms with Gasteiger partial charge in [0.15, 0.2) is 0 Å². The van der Waals surface area contributed by atoms with Crippen molar-refractivity contribution in [2.24, 2.45) is 17.8 Å². The Labute approximate surface area is 176 Å². The van der Waals surface area contributed by atoms with E-state index >= 15 is 0 Å². The van der Waals surface area contributed by atoms with Crippen LogP contribution in [0.1, 0.15) is 87.7 Å². The van der Waals surface area contributed by atoms with Gasteiger partial charge >= 0.3 is 0 Å². The third kappa shape index (κ3) is 5.01. The Kier molecular flexibility index (Phi) is 6.78. The van der Waals surface area contributed by atoms with Gasteiger partial charge in [0, 0.05) is 5.02 Å². The Balaban J connectivity index is 1.22. The molecule has 0 heterocycles. The summed E-state index contributed by atoms with van der Waals surface area (Å²) in [5, 5.41) is 0.857. The fourth-order valence-electron chi connectivity index (χ4n) is 5.97. The van der Waals surface area contributed by atoms with E-state index in [1.54, 1.807) is 0 Å². The molecule has 0 nitrogen and oxygen atoms in total. The van der Waals surface area contributed by atoms with Crippen molar-refractivity contribution < 1.29 is 0 Å². The third-order valence-corrected chi connectivity index (χ3v) is 7.98. The Morgan fingerprint density at radius 3 is 1.93 bits per heavy atom. The minimum absolute atomic E-state index is 0.706. The van der Waals surface area contributed by atoms with Crippen molar-refractivity contribution in [1.82, 2.24) is 0 Å². The topological polar surface area (TPSA) is 0 Å². The zero-order chi connectivity index (χ0) is 19.3. The normalized spacial score (nSPS) is 29.4. The van der Waals surface area contributed by atoms with E-state index in [9.17, 15) is 0 Å². The molecule has 2 fully saturated rings. The Bertz CT molecular complexity index is 704. The fraction of sp³-hybridized carbons (Fsp3) is 0.556. The summed E-state index contributed by atoms with van der Waals surface area (Å²) in [6.45, 7) is 2.42. The highest BCUT2D eigenvalue weighted by molar-refractivity contribution is 6.30. The van der Waals surface area contributed by atoms with Crippen molar-refractivity contribution in [2.45, 2.75) is 76.5 Å². The maximum absolute atomic E-state index is 6.05. The lowest BCUT2D eigenvalue weighted by Crippen LogP contribution is -2.25. The molecule has 0 spiro atoms. The van der Waals surface area contributed by atoms with Crippen LogP contribution in [0.3, 0.4) is 0 Å². The van der Waals surface area contributed by atoms with Crippen LogP contribution >= 0.6 is 11.6 Å². The van der Waals surface area contributed by atoms with E-state index in [2.05, 4.69) is 61.5 Å². The van der Waals surface area contributed by atoms with Crippen LogP contribution in [0.2, 0.25) is 5.02 Å². The molecular weight excluding hydrogens is 360 g/mol. The molecule has 2 saturated carbocycles. The molecule has 2 aliphatic rings. The largest absolute Gasteiger partial charge is 0.0843 e. The highest BCUT2D eigenvalue weighted by Gasteiger charge is 2.31. The predicted molar refractivity (Wildman–Crippen MR) is 121 cm³/mol. The van der Waals surface area contributed by atoms with Crippen LogP contribution in [0.5, 0.6) is 0 Å². The van der Waals surface area contributed by atoms with Gasteiger partial charge in [-0.05, 0) is 97.8 Å². The smallest absolute Gasteiger partial charge is 0.0406 e. The first kappa shape index (κ1) is 20.0. The summed E-state index contributed by atoms with van der Waals surface area (Å²) in [4.78, 5) is 0. The maximum atomic E-state index is 6.05. The number of rotatable bonds is 5. The van der Waals surface area contributed by atoms with E-state index in [-0.39, 0.29) is 0 Å². The summed E-state index contributed by atoms with van der Waals surface area (Å²) in [5.74, 6) is 4.39. The van der Waals surface area contributed by atoms with Gasteiger partial charge in [0.25, 0.3) is 0 Å². The second kappa shape index (κ2) is 9.49. The van der Waals surface area contributed by atoms with Gasteiger partial charge in [0.2, 0.25) is 0 Å². The molecular formula is C27H35Cl. The Morgan fingerprint density at radius 1 is 0.750 bits per heavy atom. The summed E-state index contributed by atoms with van der Waals surface area (Å²) in [7, 11) is 0. The molecule has 28 heavy (non-hydrogen) atoms. The van der Waals surface area contributed by atoms with Crippen molar-refractivity contribution in [1.29, 1.82) is 0 Å². The summed E-state index contributed by atoms with van der Waals surface area (Å²) < 4.78 is 0. The van der Waals surface area contributed by atoms with Crippen molar-refractivity contribution in [3.05, 3.63) is 70.7 Å². The molecule has 4 rings (SSSR count). The minimum Gasteiger partial charge on any atom is -0.0843 e. The van der Waals surface area contributed by atoms with E-state index in [0.29, 0.717) is 5.92 Å². The number of benzene rings is 2. The fourth-order valence-corrected chi connectivity index (χ4v) is 6.10. The lowest BCUT2D eigenvalue weighted by atomic mass is 9.67. The van der Waals surface area contributed by atoms with Gasteiger partial charge in [-0.2, -0.15) is 0 Å². The number of halogens is 1. The van der Waals surface area contributed by atoms with E-state index < -0.39 is 0 Å². The maximum Gasteiger partial charge on any atom is 0.0406 e. The molecule has 0 bridgehead atoms. The van der Waals surface area contributed by atoms with Crippen LogP contribution in [-0.4, -0.2) is 0 Å². The van der Waals surface area contributed by atoms with Crippen molar-refractivity contribution in [3.8, 4) is 0 Å². The molecule has 0 aliphatic heterocycles.